The number of anilines is 1. The molecule has 7 nitrogen and oxygen atoms in total. The summed E-state index contributed by atoms with van der Waals surface area (Å²) in [6, 6.07) is 20.9. The van der Waals surface area contributed by atoms with Crippen LogP contribution in [0.1, 0.15) is 12.5 Å². The maximum absolute atomic E-state index is 12.3. The van der Waals surface area contributed by atoms with E-state index in [1.807, 2.05) is 24.3 Å². The molecule has 0 spiro atoms. The number of nitrogens with one attached hydrogen (secondary N) is 2. The van der Waals surface area contributed by atoms with Crippen LogP contribution in [0.15, 0.2) is 71.8 Å². The van der Waals surface area contributed by atoms with Gasteiger partial charge in [0.2, 0.25) is 0 Å². The van der Waals surface area contributed by atoms with E-state index >= 15 is 0 Å². The minimum atomic E-state index is -0.846. The summed E-state index contributed by atoms with van der Waals surface area (Å²) < 4.78 is 7.31. The third-order valence-electron chi connectivity index (χ3n) is 5.05. The molecule has 156 valence electrons. The number of aromatic nitrogens is 1. The number of fused-ring (bicyclic) bond motifs is 3. The van der Waals surface area contributed by atoms with Crippen LogP contribution in [-0.4, -0.2) is 29.7 Å². The highest BCUT2D eigenvalue weighted by molar-refractivity contribution is 6.39. The molecule has 0 fully saturated rings. The maximum Gasteiger partial charge on any atom is 0.329 e. The second-order valence-electron chi connectivity index (χ2n) is 6.92. The third kappa shape index (κ3) is 4.11. The number of hydrazone groups is 1. The molecule has 3 aromatic carbocycles. The van der Waals surface area contributed by atoms with Crippen molar-refractivity contribution in [2.24, 2.45) is 5.10 Å². The Bertz CT molecular complexity index is 1290. The van der Waals surface area contributed by atoms with E-state index in [2.05, 4.69) is 39.5 Å². The number of ether oxygens (including phenoxy) is 1. The smallest absolute Gasteiger partial charge is 0.329 e. The van der Waals surface area contributed by atoms with Crippen LogP contribution in [0.2, 0.25) is 0 Å². The fraction of sp³-hybridized carbons (Fsp3) is 0.125. The fourth-order valence-corrected chi connectivity index (χ4v) is 3.57. The first kappa shape index (κ1) is 20.2. The third-order valence-corrected chi connectivity index (χ3v) is 5.05. The Hall–Kier alpha value is -4.13. The minimum Gasteiger partial charge on any atom is -0.497 e. The van der Waals surface area contributed by atoms with Crippen LogP contribution >= 0.6 is 0 Å². The van der Waals surface area contributed by atoms with Gasteiger partial charge >= 0.3 is 11.8 Å². The van der Waals surface area contributed by atoms with E-state index in [9.17, 15) is 9.59 Å². The molecular weight excluding hydrogens is 392 g/mol. The Morgan fingerprint density at radius 3 is 2.45 bits per heavy atom. The van der Waals surface area contributed by atoms with Crippen LogP contribution in [0.5, 0.6) is 5.75 Å². The number of amides is 2. The van der Waals surface area contributed by atoms with Crippen molar-refractivity contribution in [3.63, 3.8) is 0 Å². The van der Waals surface area contributed by atoms with Crippen molar-refractivity contribution >= 4 is 45.5 Å². The van der Waals surface area contributed by atoms with Gasteiger partial charge in [0, 0.05) is 34.0 Å². The van der Waals surface area contributed by atoms with Gasteiger partial charge < -0.3 is 14.6 Å². The summed E-state index contributed by atoms with van der Waals surface area (Å²) in [5.74, 6) is -0.911. The Kier molecular flexibility index (Phi) is 5.66. The summed E-state index contributed by atoms with van der Waals surface area (Å²) >= 11 is 0. The lowest BCUT2D eigenvalue weighted by molar-refractivity contribution is -0.136. The molecule has 0 radical (unpaired) electrons. The van der Waals surface area contributed by atoms with Crippen molar-refractivity contribution in [3.8, 4) is 5.75 Å². The molecular formula is C24H22N4O3. The highest BCUT2D eigenvalue weighted by Crippen LogP contribution is 2.30. The van der Waals surface area contributed by atoms with E-state index in [0.717, 1.165) is 39.7 Å². The molecule has 0 unspecified atom stereocenters. The number of carbonyl (C=O) groups is 2. The van der Waals surface area contributed by atoms with Crippen LogP contribution < -0.4 is 15.5 Å². The van der Waals surface area contributed by atoms with Crippen LogP contribution in [0.3, 0.4) is 0 Å². The molecule has 0 aliphatic carbocycles. The molecule has 1 heterocycles. The Balaban J connectivity index is 1.46. The first-order chi connectivity index (χ1) is 15.1. The Labute approximate surface area is 179 Å². The molecule has 0 saturated heterocycles. The van der Waals surface area contributed by atoms with Crippen molar-refractivity contribution < 1.29 is 14.3 Å². The molecule has 31 heavy (non-hydrogen) atoms. The van der Waals surface area contributed by atoms with E-state index in [-0.39, 0.29) is 0 Å². The molecule has 1 aromatic heterocycles. The molecule has 0 atom stereocenters. The number of para-hydroxylation sites is 1. The molecule has 0 aliphatic heterocycles. The Morgan fingerprint density at radius 1 is 0.968 bits per heavy atom. The summed E-state index contributed by atoms with van der Waals surface area (Å²) in [7, 11) is 1.58. The number of hydrogen-bond donors (Lipinski definition) is 2. The van der Waals surface area contributed by atoms with Crippen molar-refractivity contribution in [1.82, 2.24) is 9.99 Å². The second kappa shape index (κ2) is 8.71. The number of aryl methyl sites for hydroxylation is 1. The summed E-state index contributed by atoms with van der Waals surface area (Å²) in [6.45, 7) is 2.93. The zero-order valence-electron chi connectivity index (χ0n) is 17.3. The number of methoxy groups -OCH3 is 1. The topological polar surface area (TPSA) is 84.7 Å². The molecule has 4 rings (SSSR count). The second-order valence-corrected chi connectivity index (χ2v) is 6.92. The highest BCUT2D eigenvalue weighted by atomic mass is 16.5. The van der Waals surface area contributed by atoms with Gasteiger partial charge in [0.15, 0.2) is 0 Å². The molecule has 0 saturated carbocycles. The predicted molar refractivity (Wildman–Crippen MR) is 122 cm³/mol. The van der Waals surface area contributed by atoms with Gasteiger partial charge in [0.05, 0.1) is 13.3 Å². The van der Waals surface area contributed by atoms with Crippen LogP contribution in [0.25, 0.3) is 21.8 Å². The zero-order valence-corrected chi connectivity index (χ0v) is 17.3. The first-order valence-corrected chi connectivity index (χ1v) is 9.90. The first-order valence-electron chi connectivity index (χ1n) is 9.90. The lowest BCUT2D eigenvalue weighted by Crippen LogP contribution is -2.32. The minimum absolute atomic E-state index is 0.547. The SMILES string of the molecule is CCn1c2ccccc2c2cc(NC(=O)C(=O)N/N=C\c3ccc(OC)cc3)ccc21. The molecule has 2 N–H and O–H groups in total. The fourth-order valence-electron chi connectivity index (χ4n) is 3.57. The average molecular weight is 414 g/mol. The average Bonchev–Trinajstić information content (AvgIpc) is 3.12. The van der Waals surface area contributed by atoms with Gasteiger partial charge in [0.25, 0.3) is 0 Å². The largest absolute Gasteiger partial charge is 0.497 e. The lowest BCUT2D eigenvalue weighted by Gasteiger charge is -2.06. The van der Waals surface area contributed by atoms with Crippen LogP contribution in [0.4, 0.5) is 5.69 Å². The molecule has 0 aliphatic rings. The van der Waals surface area contributed by atoms with E-state index < -0.39 is 11.8 Å². The van der Waals surface area contributed by atoms with Gasteiger partial charge in [-0.1, -0.05) is 18.2 Å². The quantitative estimate of drug-likeness (QED) is 0.295. The van der Waals surface area contributed by atoms with Crippen molar-refractivity contribution in [2.45, 2.75) is 13.5 Å². The van der Waals surface area contributed by atoms with Crippen molar-refractivity contribution in [1.29, 1.82) is 0 Å². The standard InChI is InChI=1S/C24H22N4O3/c1-3-28-21-7-5-4-6-19(21)20-14-17(10-13-22(20)28)26-23(29)24(30)27-25-15-16-8-11-18(31-2)12-9-16/h4-15H,3H2,1-2H3,(H,26,29)(H,27,30)/b25-15-. The molecule has 2 amide bonds. The Morgan fingerprint density at radius 2 is 1.71 bits per heavy atom. The summed E-state index contributed by atoms with van der Waals surface area (Å²) in [6.07, 6.45) is 1.45. The van der Waals surface area contributed by atoms with Crippen molar-refractivity contribution in [2.75, 3.05) is 12.4 Å². The van der Waals surface area contributed by atoms with Crippen LogP contribution in [0, 0.1) is 0 Å². The molecule has 7 heteroatoms. The summed E-state index contributed by atoms with van der Waals surface area (Å²) in [5.41, 5.74) is 5.77. The van der Waals surface area contributed by atoms with Gasteiger partial charge in [-0.25, -0.2) is 5.43 Å². The number of carbonyl (C=O) groups excluding carboxylic acids is 2. The summed E-state index contributed by atoms with van der Waals surface area (Å²) in [5, 5.41) is 8.60. The number of hydrogen-bond acceptors (Lipinski definition) is 4. The van der Waals surface area contributed by atoms with E-state index in [1.54, 1.807) is 37.4 Å². The lowest BCUT2D eigenvalue weighted by atomic mass is 10.1. The molecule has 0 bridgehead atoms. The van der Waals surface area contributed by atoms with Crippen molar-refractivity contribution in [3.05, 3.63) is 72.3 Å². The number of rotatable bonds is 5. The molecule has 4 aromatic rings. The van der Waals surface area contributed by atoms with Gasteiger partial charge in [-0.3, -0.25) is 9.59 Å². The predicted octanol–water partition coefficient (Wildman–Crippen LogP) is 3.91. The maximum atomic E-state index is 12.3. The van der Waals surface area contributed by atoms with E-state index in [4.69, 9.17) is 4.74 Å². The zero-order chi connectivity index (χ0) is 21.8. The number of nitrogens with zero attached hydrogens (tertiary/aromatic N) is 2. The number of benzene rings is 3. The monoisotopic (exact) mass is 414 g/mol. The van der Waals surface area contributed by atoms with Crippen LogP contribution in [-0.2, 0) is 16.1 Å². The van der Waals surface area contributed by atoms with Gasteiger partial charge in [0.1, 0.15) is 5.75 Å². The normalized spacial score (nSPS) is 11.2. The van der Waals surface area contributed by atoms with E-state index in [1.165, 1.54) is 6.21 Å². The highest BCUT2D eigenvalue weighted by Gasteiger charge is 2.15. The summed E-state index contributed by atoms with van der Waals surface area (Å²) in [4.78, 5) is 24.4. The van der Waals surface area contributed by atoms with E-state index in [0.29, 0.717) is 5.69 Å². The van der Waals surface area contributed by atoms with Gasteiger partial charge in [-0.05, 0) is 61.0 Å². The van der Waals surface area contributed by atoms with Gasteiger partial charge in [-0.15, -0.1) is 0 Å². The van der Waals surface area contributed by atoms with Gasteiger partial charge in [-0.2, -0.15) is 5.10 Å².